The van der Waals surface area contributed by atoms with Gasteiger partial charge in [-0.2, -0.15) is 0 Å². The Hall–Kier alpha value is -1.81. The van der Waals surface area contributed by atoms with Gasteiger partial charge in [0.2, 0.25) is 0 Å². The van der Waals surface area contributed by atoms with Crippen molar-refractivity contribution in [3.8, 4) is 0 Å². The van der Waals surface area contributed by atoms with Gasteiger partial charge in [-0.15, -0.1) is 12.4 Å². The minimum atomic E-state index is 0. The third kappa shape index (κ3) is 6.05. The van der Waals surface area contributed by atoms with Gasteiger partial charge in [-0.1, -0.05) is 67.3 Å². The number of halogens is 1. The standard InChI is InChI=1S/C30H41N3.ClH/c1-23-8-7-11-25(20-23)27(16-19-32-26-14-17-31-18-15-26)29-22-33(21-24-9-3-2-4-10-24)30-13-6-5-12-28(29)30;/h5-8,11-13,20,22,24,26-27,31-32H,2-4,9-10,14-19,21H2,1H3;1H. The average Bonchev–Trinajstić information content (AvgIpc) is 3.21. The summed E-state index contributed by atoms with van der Waals surface area (Å²) in [6.07, 6.45) is 13.2. The van der Waals surface area contributed by atoms with Crippen molar-refractivity contribution < 1.29 is 0 Å². The lowest BCUT2D eigenvalue weighted by atomic mass is 9.87. The maximum atomic E-state index is 3.88. The molecule has 0 amide bonds. The SMILES string of the molecule is Cc1cccc(C(CCNC2CCNCC2)c2cn(CC3CCCCC3)c3ccccc23)c1.Cl. The second kappa shape index (κ2) is 12.2. The third-order valence-electron chi connectivity index (χ3n) is 8.02. The molecule has 5 rings (SSSR count). The predicted molar refractivity (Wildman–Crippen MR) is 147 cm³/mol. The minimum Gasteiger partial charge on any atom is -0.347 e. The Balaban J connectivity index is 0.00000274. The molecule has 2 aromatic carbocycles. The van der Waals surface area contributed by atoms with Gasteiger partial charge >= 0.3 is 0 Å². The Morgan fingerprint density at radius 1 is 0.971 bits per heavy atom. The van der Waals surface area contributed by atoms with Gasteiger partial charge in [0, 0.05) is 35.6 Å². The fraction of sp³-hybridized carbons (Fsp3) is 0.533. The molecule has 184 valence electrons. The van der Waals surface area contributed by atoms with E-state index in [4.69, 9.17) is 0 Å². The van der Waals surface area contributed by atoms with Crippen LogP contribution < -0.4 is 10.6 Å². The van der Waals surface area contributed by atoms with E-state index in [0.717, 1.165) is 32.0 Å². The molecule has 2 N–H and O–H groups in total. The highest BCUT2D eigenvalue weighted by Gasteiger charge is 2.22. The number of para-hydroxylation sites is 1. The van der Waals surface area contributed by atoms with E-state index in [2.05, 4.69) is 76.9 Å². The molecule has 3 aromatic rings. The number of nitrogens with one attached hydrogen (secondary N) is 2. The molecular formula is C30H42ClN3. The van der Waals surface area contributed by atoms with E-state index in [-0.39, 0.29) is 12.4 Å². The van der Waals surface area contributed by atoms with E-state index in [1.807, 2.05) is 0 Å². The number of aromatic nitrogens is 1. The van der Waals surface area contributed by atoms with Crippen LogP contribution in [0.5, 0.6) is 0 Å². The zero-order valence-electron chi connectivity index (χ0n) is 20.8. The number of piperidine rings is 1. The average molecular weight is 480 g/mol. The van der Waals surface area contributed by atoms with Crippen LogP contribution in [0.15, 0.2) is 54.7 Å². The van der Waals surface area contributed by atoms with E-state index in [1.54, 1.807) is 0 Å². The van der Waals surface area contributed by atoms with Crippen LogP contribution in [-0.4, -0.2) is 30.2 Å². The highest BCUT2D eigenvalue weighted by Crippen LogP contribution is 2.36. The molecule has 0 spiro atoms. The summed E-state index contributed by atoms with van der Waals surface area (Å²) in [5.41, 5.74) is 5.75. The van der Waals surface area contributed by atoms with Crippen molar-refractivity contribution in [2.24, 2.45) is 5.92 Å². The van der Waals surface area contributed by atoms with Gasteiger partial charge in [-0.05, 0) is 81.8 Å². The Labute approximate surface area is 212 Å². The number of hydrogen-bond acceptors (Lipinski definition) is 2. The summed E-state index contributed by atoms with van der Waals surface area (Å²) in [7, 11) is 0. The minimum absolute atomic E-state index is 0. The van der Waals surface area contributed by atoms with Gasteiger partial charge in [0.05, 0.1) is 0 Å². The van der Waals surface area contributed by atoms with E-state index in [9.17, 15) is 0 Å². The summed E-state index contributed by atoms with van der Waals surface area (Å²) in [5, 5.41) is 8.81. The van der Waals surface area contributed by atoms with Crippen molar-refractivity contribution in [3.63, 3.8) is 0 Å². The van der Waals surface area contributed by atoms with Gasteiger partial charge in [0.15, 0.2) is 0 Å². The highest BCUT2D eigenvalue weighted by atomic mass is 35.5. The largest absolute Gasteiger partial charge is 0.347 e. The van der Waals surface area contributed by atoms with Gasteiger partial charge in [-0.25, -0.2) is 0 Å². The smallest absolute Gasteiger partial charge is 0.0483 e. The molecule has 1 aliphatic heterocycles. The summed E-state index contributed by atoms with van der Waals surface area (Å²) < 4.78 is 2.59. The van der Waals surface area contributed by atoms with Crippen LogP contribution in [0.2, 0.25) is 0 Å². The fourth-order valence-electron chi connectivity index (χ4n) is 6.20. The molecule has 1 saturated carbocycles. The summed E-state index contributed by atoms with van der Waals surface area (Å²) in [5.74, 6) is 1.26. The van der Waals surface area contributed by atoms with E-state index >= 15 is 0 Å². The maximum Gasteiger partial charge on any atom is 0.0483 e. The molecule has 3 nitrogen and oxygen atoms in total. The second-order valence-electron chi connectivity index (χ2n) is 10.5. The number of benzene rings is 2. The van der Waals surface area contributed by atoms with Crippen LogP contribution in [0.3, 0.4) is 0 Å². The molecule has 0 bridgehead atoms. The first-order valence-corrected chi connectivity index (χ1v) is 13.4. The molecule has 1 unspecified atom stereocenters. The van der Waals surface area contributed by atoms with E-state index in [1.165, 1.54) is 79.1 Å². The summed E-state index contributed by atoms with van der Waals surface area (Å²) in [6, 6.07) is 19.0. The van der Waals surface area contributed by atoms with E-state index in [0.29, 0.717) is 12.0 Å². The zero-order chi connectivity index (χ0) is 22.5. The maximum absolute atomic E-state index is 3.88. The molecule has 1 saturated heterocycles. The van der Waals surface area contributed by atoms with Gasteiger partial charge < -0.3 is 15.2 Å². The Kier molecular flexibility index (Phi) is 9.10. The zero-order valence-corrected chi connectivity index (χ0v) is 21.6. The molecular weight excluding hydrogens is 438 g/mol. The first kappa shape index (κ1) is 25.3. The van der Waals surface area contributed by atoms with Gasteiger partial charge in [-0.3, -0.25) is 0 Å². The highest BCUT2D eigenvalue weighted by molar-refractivity contribution is 5.85. The number of rotatable bonds is 8. The van der Waals surface area contributed by atoms with Gasteiger partial charge in [0.1, 0.15) is 0 Å². The van der Waals surface area contributed by atoms with Gasteiger partial charge in [0.25, 0.3) is 0 Å². The normalized spacial score (nSPS) is 18.6. The van der Waals surface area contributed by atoms with Crippen molar-refractivity contribution in [3.05, 3.63) is 71.4 Å². The fourth-order valence-corrected chi connectivity index (χ4v) is 6.20. The van der Waals surface area contributed by atoms with Crippen molar-refractivity contribution in [2.75, 3.05) is 19.6 Å². The van der Waals surface area contributed by atoms with E-state index < -0.39 is 0 Å². The Morgan fingerprint density at radius 3 is 2.56 bits per heavy atom. The monoisotopic (exact) mass is 479 g/mol. The van der Waals surface area contributed by atoms with Crippen molar-refractivity contribution in [2.45, 2.75) is 76.8 Å². The number of hydrogen-bond donors (Lipinski definition) is 2. The first-order chi connectivity index (χ1) is 16.3. The summed E-state index contributed by atoms with van der Waals surface area (Å²) >= 11 is 0. The second-order valence-corrected chi connectivity index (χ2v) is 10.5. The molecule has 0 radical (unpaired) electrons. The number of aryl methyl sites for hydroxylation is 1. The van der Waals surface area contributed by atoms with Crippen molar-refractivity contribution in [1.29, 1.82) is 0 Å². The van der Waals surface area contributed by atoms with Crippen molar-refractivity contribution >= 4 is 23.3 Å². The molecule has 2 fully saturated rings. The van der Waals surface area contributed by atoms with Crippen LogP contribution in [0.4, 0.5) is 0 Å². The molecule has 2 aliphatic rings. The van der Waals surface area contributed by atoms with Crippen LogP contribution >= 0.6 is 12.4 Å². The molecule has 1 aliphatic carbocycles. The molecule has 4 heteroatoms. The number of fused-ring (bicyclic) bond motifs is 1. The lowest BCUT2D eigenvalue weighted by Crippen LogP contribution is -2.40. The summed E-state index contributed by atoms with van der Waals surface area (Å²) in [4.78, 5) is 0. The Morgan fingerprint density at radius 2 is 1.76 bits per heavy atom. The lowest BCUT2D eigenvalue weighted by Gasteiger charge is -2.25. The first-order valence-electron chi connectivity index (χ1n) is 13.4. The van der Waals surface area contributed by atoms with Crippen molar-refractivity contribution in [1.82, 2.24) is 15.2 Å². The molecule has 1 atom stereocenters. The van der Waals surface area contributed by atoms with Crippen LogP contribution in [0.1, 0.15) is 74.0 Å². The third-order valence-corrected chi connectivity index (χ3v) is 8.02. The molecule has 34 heavy (non-hydrogen) atoms. The van der Waals surface area contributed by atoms with Crippen LogP contribution in [0, 0.1) is 12.8 Å². The number of nitrogens with zero attached hydrogens (tertiary/aromatic N) is 1. The topological polar surface area (TPSA) is 29.0 Å². The molecule has 2 heterocycles. The Bertz CT molecular complexity index is 1030. The van der Waals surface area contributed by atoms with Crippen LogP contribution in [-0.2, 0) is 6.54 Å². The lowest BCUT2D eigenvalue weighted by molar-refractivity contribution is 0.322. The quantitative estimate of drug-likeness (QED) is 0.371. The molecule has 1 aromatic heterocycles. The summed E-state index contributed by atoms with van der Waals surface area (Å²) in [6.45, 7) is 6.77. The predicted octanol–water partition coefficient (Wildman–Crippen LogP) is 6.82. The van der Waals surface area contributed by atoms with Crippen LogP contribution in [0.25, 0.3) is 10.9 Å².